The van der Waals surface area contributed by atoms with Crippen LogP contribution in [0.3, 0.4) is 0 Å². The second-order valence-electron chi connectivity index (χ2n) is 4.25. The Bertz CT molecular complexity index is 212. The SMILES string of the molecule is Cl.NC1CC2CCC1(C(=O)O)CC2. The standard InChI is InChI=1S/C9H15NO2.ClH/c10-7-5-6-1-3-9(7,4-2-6)8(11)12;/h6-7H,1-5,10H2,(H,11,12);1H. The van der Waals surface area contributed by atoms with Crippen LogP contribution >= 0.6 is 12.4 Å². The number of carbonyl (C=O) groups is 1. The summed E-state index contributed by atoms with van der Waals surface area (Å²) in [5.74, 6) is 0.0365. The van der Waals surface area contributed by atoms with Gasteiger partial charge >= 0.3 is 5.97 Å². The van der Waals surface area contributed by atoms with Crippen molar-refractivity contribution in [1.29, 1.82) is 0 Å². The second kappa shape index (κ2) is 3.46. The van der Waals surface area contributed by atoms with E-state index in [1.807, 2.05) is 0 Å². The lowest BCUT2D eigenvalue weighted by Gasteiger charge is -2.47. The number of hydrogen-bond acceptors (Lipinski definition) is 2. The normalized spacial score (nSPS) is 42.5. The van der Waals surface area contributed by atoms with Gasteiger partial charge in [0, 0.05) is 6.04 Å². The van der Waals surface area contributed by atoms with Crippen molar-refractivity contribution in [1.82, 2.24) is 0 Å². The molecule has 3 saturated carbocycles. The van der Waals surface area contributed by atoms with Crippen molar-refractivity contribution >= 4 is 18.4 Å². The summed E-state index contributed by atoms with van der Waals surface area (Å²) in [6.45, 7) is 0. The lowest BCUT2D eigenvalue weighted by atomic mass is 9.58. The quantitative estimate of drug-likeness (QED) is 0.680. The van der Waals surface area contributed by atoms with E-state index in [-0.39, 0.29) is 18.4 Å². The molecule has 3 fully saturated rings. The Morgan fingerprint density at radius 3 is 2.23 bits per heavy atom. The number of halogens is 1. The number of rotatable bonds is 1. The molecule has 2 bridgehead atoms. The largest absolute Gasteiger partial charge is 0.481 e. The fourth-order valence-electron chi connectivity index (χ4n) is 2.76. The Labute approximate surface area is 84.1 Å². The Morgan fingerprint density at radius 2 is 1.92 bits per heavy atom. The topological polar surface area (TPSA) is 63.3 Å². The van der Waals surface area contributed by atoms with Gasteiger partial charge in [-0.1, -0.05) is 0 Å². The molecule has 76 valence electrons. The molecule has 0 heterocycles. The molecular weight excluding hydrogens is 190 g/mol. The smallest absolute Gasteiger partial charge is 0.311 e. The number of hydrogen-bond donors (Lipinski definition) is 2. The molecule has 0 spiro atoms. The van der Waals surface area contributed by atoms with Crippen molar-refractivity contribution in [3.63, 3.8) is 0 Å². The molecular formula is C9H16ClNO2. The predicted molar refractivity (Wildman–Crippen MR) is 51.9 cm³/mol. The van der Waals surface area contributed by atoms with Crippen LogP contribution < -0.4 is 5.73 Å². The molecule has 3 rings (SSSR count). The van der Waals surface area contributed by atoms with Crippen LogP contribution in [0, 0.1) is 11.3 Å². The maximum absolute atomic E-state index is 11.1. The highest BCUT2D eigenvalue weighted by molar-refractivity contribution is 5.85. The van der Waals surface area contributed by atoms with Gasteiger partial charge in [0.2, 0.25) is 0 Å². The minimum atomic E-state index is -0.673. The van der Waals surface area contributed by atoms with Crippen LogP contribution in [0.25, 0.3) is 0 Å². The first kappa shape index (κ1) is 10.8. The number of aliphatic carboxylic acids is 1. The van der Waals surface area contributed by atoms with Gasteiger partial charge in [0.15, 0.2) is 0 Å². The molecule has 3 N–H and O–H groups in total. The Kier molecular flexibility index (Phi) is 2.88. The van der Waals surface area contributed by atoms with Crippen LogP contribution in [0.4, 0.5) is 0 Å². The first-order valence-corrected chi connectivity index (χ1v) is 4.64. The highest BCUT2D eigenvalue weighted by Gasteiger charge is 2.51. The maximum Gasteiger partial charge on any atom is 0.311 e. The number of carboxylic acids is 1. The van der Waals surface area contributed by atoms with Crippen molar-refractivity contribution in [2.24, 2.45) is 17.1 Å². The van der Waals surface area contributed by atoms with Gasteiger partial charge < -0.3 is 10.8 Å². The van der Waals surface area contributed by atoms with Gasteiger partial charge in [0.25, 0.3) is 0 Å². The van der Waals surface area contributed by atoms with Crippen LogP contribution in [0.2, 0.25) is 0 Å². The van der Waals surface area contributed by atoms with Crippen molar-refractivity contribution < 1.29 is 9.90 Å². The third-order valence-corrected chi connectivity index (χ3v) is 3.72. The lowest BCUT2D eigenvalue weighted by molar-refractivity contribution is -0.157. The average molecular weight is 206 g/mol. The summed E-state index contributed by atoms with van der Waals surface area (Å²) in [6, 6.07) is -0.0949. The molecule has 3 aliphatic carbocycles. The summed E-state index contributed by atoms with van der Waals surface area (Å²) in [5.41, 5.74) is 5.31. The fourth-order valence-corrected chi connectivity index (χ4v) is 2.76. The summed E-state index contributed by atoms with van der Waals surface area (Å²) in [4.78, 5) is 11.1. The van der Waals surface area contributed by atoms with Gasteiger partial charge in [-0.15, -0.1) is 12.4 Å². The summed E-state index contributed by atoms with van der Waals surface area (Å²) < 4.78 is 0. The Balaban J connectivity index is 0.000000845. The molecule has 0 amide bonds. The van der Waals surface area contributed by atoms with E-state index in [4.69, 9.17) is 10.8 Å². The molecule has 0 radical (unpaired) electrons. The highest BCUT2D eigenvalue weighted by Crippen LogP contribution is 2.49. The van der Waals surface area contributed by atoms with E-state index in [9.17, 15) is 4.79 Å². The molecule has 0 aromatic carbocycles. The van der Waals surface area contributed by atoms with Crippen molar-refractivity contribution in [2.75, 3.05) is 0 Å². The Morgan fingerprint density at radius 1 is 1.38 bits per heavy atom. The summed E-state index contributed by atoms with van der Waals surface area (Å²) in [7, 11) is 0. The van der Waals surface area contributed by atoms with Gasteiger partial charge in [0.05, 0.1) is 5.41 Å². The van der Waals surface area contributed by atoms with Crippen LogP contribution in [0.15, 0.2) is 0 Å². The van der Waals surface area contributed by atoms with E-state index in [1.165, 1.54) is 0 Å². The first-order chi connectivity index (χ1) is 5.65. The summed E-state index contributed by atoms with van der Waals surface area (Å²) in [6.07, 6.45) is 4.66. The van der Waals surface area contributed by atoms with Crippen LogP contribution in [-0.2, 0) is 4.79 Å². The number of nitrogens with two attached hydrogens (primary N) is 1. The minimum Gasteiger partial charge on any atom is -0.481 e. The van der Waals surface area contributed by atoms with Crippen molar-refractivity contribution in [3.05, 3.63) is 0 Å². The van der Waals surface area contributed by atoms with Gasteiger partial charge in [-0.05, 0) is 38.0 Å². The zero-order valence-corrected chi connectivity index (χ0v) is 8.35. The van der Waals surface area contributed by atoms with E-state index >= 15 is 0 Å². The van der Waals surface area contributed by atoms with E-state index < -0.39 is 11.4 Å². The fraction of sp³-hybridized carbons (Fsp3) is 0.889. The molecule has 0 saturated heterocycles. The van der Waals surface area contributed by atoms with E-state index in [0.717, 1.165) is 32.1 Å². The molecule has 13 heavy (non-hydrogen) atoms. The van der Waals surface area contributed by atoms with Gasteiger partial charge in [-0.2, -0.15) is 0 Å². The lowest BCUT2D eigenvalue weighted by Crippen LogP contribution is -2.54. The van der Waals surface area contributed by atoms with E-state index in [2.05, 4.69) is 0 Å². The third kappa shape index (κ3) is 1.44. The first-order valence-electron chi connectivity index (χ1n) is 4.64. The van der Waals surface area contributed by atoms with Gasteiger partial charge in [0.1, 0.15) is 0 Å². The number of fused-ring (bicyclic) bond motifs is 3. The molecule has 0 aromatic heterocycles. The van der Waals surface area contributed by atoms with Crippen molar-refractivity contribution in [3.8, 4) is 0 Å². The third-order valence-electron chi connectivity index (χ3n) is 3.72. The van der Waals surface area contributed by atoms with Crippen LogP contribution in [0.5, 0.6) is 0 Å². The molecule has 3 nitrogen and oxygen atoms in total. The molecule has 3 aliphatic rings. The average Bonchev–Trinajstić information content (AvgIpc) is 2.05. The maximum atomic E-state index is 11.1. The molecule has 1 atom stereocenters. The van der Waals surface area contributed by atoms with Gasteiger partial charge in [-0.25, -0.2) is 0 Å². The molecule has 0 aliphatic heterocycles. The zero-order valence-electron chi connectivity index (χ0n) is 7.53. The summed E-state index contributed by atoms with van der Waals surface area (Å²) >= 11 is 0. The van der Waals surface area contributed by atoms with Crippen LogP contribution in [-0.4, -0.2) is 17.1 Å². The second-order valence-corrected chi connectivity index (χ2v) is 4.25. The zero-order chi connectivity index (χ0) is 8.77. The summed E-state index contributed by atoms with van der Waals surface area (Å²) in [5, 5.41) is 9.10. The molecule has 1 unspecified atom stereocenters. The monoisotopic (exact) mass is 205 g/mol. The molecule has 4 heteroatoms. The van der Waals surface area contributed by atoms with E-state index in [0.29, 0.717) is 5.92 Å². The predicted octanol–water partition coefficient (Wildman–Crippen LogP) is 1.40. The highest BCUT2D eigenvalue weighted by atomic mass is 35.5. The van der Waals surface area contributed by atoms with Gasteiger partial charge in [-0.3, -0.25) is 4.79 Å². The molecule has 0 aromatic rings. The van der Waals surface area contributed by atoms with Crippen LogP contribution in [0.1, 0.15) is 32.1 Å². The number of carboxylic acid groups (broad SMARTS) is 1. The minimum absolute atomic E-state index is 0. The van der Waals surface area contributed by atoms with Crippen molar-refractivity contribution in [2.45, 2.75) is 38.1 Å². The van der Waals surface area contributed by atoms with E-state index in [1.54, 1.807) is 0 Å². The Hall–Kier alpha value is -0.280.